The summed E-state index contributed by atoms with van der Waals surface area (Å²) < 4.78 is 1.82. The molecule has 2 amide bonds. The molecule has 0 saturated heterocycles. The number of hydrogen-bond donors (Lipinski definition) is 1. The average Bonchev–Trinajstić information content (AvgIpc) is 3.32. The molecule has 3 aromatic carbocycles. The Morgan fingerprint density at radius 3 is 2.28 bits per heavy atom. The molecule has 0 radical (unpaired) electrons. The Balaban J connectivity index is 1.51. The molecular weight excluding hydrogens is 448 g/mol. The molecule has 6 rings (SSSR count). The first kappa shape index (κ1) is 22.5. The minimum atomic E-state index is -0.719. The molecule has 1 saturated carbocycles. The highest BCUT2D eigenvalue weighted by Gasteiger charge is 2.46. The van der Waals surface area contributed by atoms with E-state index in [0.29, 0.717) is 12.1 Å². The van der Waals surface area contributed by atoms with E-state index in [0.717, 1.165) is 47.8 Å². The molecule has 182 valence electrons. The Kier molecular flexibility index (Phi) is 6.01. The number of carbonyl (C=O) groups is 2. The number of carbonyl (C=O) groups excluding carboxylic acids is 2. The summed E-state index contributed by atoms with van der Waals surface area (Å²) in [6.45, 7) is 0. The zero-order chi connectivity index (χ0) is 24.5. The molecule has 1 N–H and O–H groups in total. The van der Waals surface area contributed by atoms with E-state index in [1.165, 1.54) is 6.42 Å². The van der Waals surface area contributed by atoms with Crippen molar-refractivity contribution in [2.45, 2.75) is 56.7 Å². The van der Waals surface area contributed by atoms with Crippen molar-refractivity contribution >= 4 is 28.4 Å². The van der Waals surface area contributed by atoms with Crippen molar-refractivity contribution in [3.8, 4) is 0 Å². The van der Waals surface area contributed by atoms with E-state index in [4.69, 9.17) is 5.10 Å². The molecule has 36 heavy (non-hydrogen) atoms. The van der Waals surface area contributed by atoms with Crippen LogP contribution >= 0.6 is 0 Å². The minimum Gasteiger partial charge on any atom is -0.351 e. The van der Waals surface area contributed by atoms with E-state index < -0.39 is 6.04 Å². The van der Waals surface area contributed by atoms with Crippen LogP contribution in [0.2, 0.25) is 0 Å². The van der Waals surface area contributed by atoms with Gasteiger partial charge in [-0.25, -0.2) is 0 Å². The highest BCUT2D eigenvalue weighted by atomic mass is 16.2. The number of benzene rings is 3. The normalized spacial score (nSPS) is 20.3. The number of nitrogens with zero attached hydrogens (tertiary/aromatic N) is 3. The van der Waals surface area contributed by atoms with Crippen molar-refractivity contribution in [1.29, 1.82) is 0 Å². The van der Waals surface area contributed by atoms with Crippen molar-refractivity contribution in [3.05, 3.63) is 96.2 Å². The first-order valence-electron chi connectivity index (χ1n) is 12.9. The maximum Gasteiger partial charge on any atom is 0.278 e. The highest BCUT2D eigenvalue weighted by molar-refractivity contribution is 6.16. The number of rotatable bonds is 5. The number of hydrogen-bond acceptors (Lipinski definition) is 3. The van der Waals surface area contributed by atoms with Crippen LogP contribution in [0.4, 0.5) is 5.69 Å². The molecule has 1 aromatic heterocycles. The second-order valence-corrected chi connectivity index (χ2v) is 9.87. The summed E-state index contributed by atoms with van der Waals surface area (Å²) in [5.74, 6) is -0.298. The Morgan fingerprint density at radius 2 is 1.53 bits per heavy atom. The second kappa shape index (κ2) is 9.61. The van der Waals surface area contributed by atoms with E-state index in [1.807, 2.05) is 77.5 Å². The van der Waals surface area contributed by atoms with Crippen LogP contribution in [0.5, 0.6) is 0 Å². The lowest BCUT2D eigenvalue weighted by atomic mass is 9.91. The van der Waals surface area contributed by atoms with Gasteiger partial charge in [0.2, 0.25) is 5.91 Å². The van der Waals surface area contributed by atoms with Gasteiger partial charge in [-0.3, -0.25) is 19.2 Å². The van der Waals surface area contributed by atoms with Crippen molar-refractivity contribution in [3.63, 3.8) is 0 Å². The third-order valence-electron chi connectivity index (χ3n) is 7.52. The summed E-state index contributed by atoms with van der Waals surface area (Å²) in [6, 6.07) is 26.5. The number of amides is 2. The molecule has 6 heteroatoms. The van der Waals surface area contributed by atoms with Gasteiger partial charge in [-0.1, -0.05) is 86.0 Å². The summed E-state index contributed by atoms with van der Waals surface area (Å²) in [5, 5.41) is 9.01. The quantitative estimate of drug-likeness (QED) is 0.423. The smallest absolute Gasteiger partial charge is 0.278 e. The van der Waals surface area contributed by atoms with Crippen LogP contribution in [0.25, 0.3) is 10.9 Å². The van der Waals surface area contributed by atoms with Crippen LogP contribution in [0, 0.1) is 0 Å². The van der Waals surface area contributed by atoms with Crippen LogP contribution in [0.3, 0.4) is 0 Å². The number of para-hydroxylation sites is 1. The maximum absolute atomic E-state index is 14.2. The van der Waals surface area contributed by atoms with E-state index in [2.05, 4.69) is 17.4 Å². The van der Waals surface area contributed by atoms with Crippen molar-refractivity contribution in [1.82, 2.24) is 15.1 Å². The van der Waals surface area contributed by atoms with Crippen molar-refractivity contribution in [2.24, 2.45) is 0 Å². The van der Waals surface area contributed by atoms with Gasteiger partial charge in [-0.05, 0) is 43.0 Å². The third kappa shape index (κ3) is 4.06. The van der Waals surface area contributed by atoms with Gasteiger partial charge >= 0.3 is 0 Å². The fourth-order valence-electron chi connectivity index (χ4n) is 5.80. The van der Waals surface area contributed by atoms with Gasteiger partial charge in [0.15, 0.2) is 0 Å². The van der Waals surface area contributed by atoms with Crippen LogP contribution < -0.4 is 10.2 Å². The molecule has 1 aliphatic heterocycles. The van der Waals surface area contributed by atoms with Crippen LogP contribution in [-0.2, 0) is 11.2 Å². The van der Waals surface area contributed by atoms with Crippen LogP contribution in [0.15, 0.2) is 84.9 Å². The Labute approximate surface area is 210 Å². The van der Waals surface area contributed by atoms with Crippen molar-refractivity contribution < 1.29 is 9.59 Å². The zero-order valence-corrected chi connectivity index (χ0v) is 20.2. The SMILES string of the molecule is O=C(NC1CCCCC1)C1C(Cc2ccccc2)n2nc3ccccc3c2C(=O)N1c1ccccc1. The fourth-order valence-corrected chi connectivity index (χ4v) is 5.80. The first-order valence-corrected chi connectivity index (χ1v) is 12.9. The number of anilines is 1. The third-order valence-corrected chi connectivity index (χ3v) is 7.52. The summed E-state index contributed by atoms with van der Waals surface area (Å²) >= 11 is 0. The molecule has 2 unspecified atom stereocenters. The zero-order valence-electron chi connectivity index (χ0n) is 20.2. The standard InChI is InChI=1S/C30H30N4O2/c35-29(31-22-14-6-2-7-15-22)28-26(20-21-12-4-1-5-13-21)34-27(24-18-10-11-19-25(24)32-34)30(36)33(28)23-16-8-3-9-17-23/h1,3-5,8-13,16-19,22,26,28H,2,6-7,14-15,20H2,(H,31,35). The maximum atomic E-state index is 14.2. The van der Waals surface area contributed by atoms with E-state index in [-0.39, 0.29) is 23.9 Å². The first-order chi connectivity index (χ1) is 17.7. The number of aromatic nitrogens is 2. The molecule has 2 aliphatic rings. The highest BCUT2D eigenvalue weighted by Crippen LogP contribution is 2.37. The predicted molar refractivity (Wildman–Crippen MR) is 141 cm³/mol. The van der Waals surface area contributed by atoms with Crippen LogP contribution in [0.1, 0.15) is 54.2 Å². The van der Waals surface area contributed by atoms with Gasteiger partial charge in [-0.15, -0.1) is 0 Å². The monoisotopic (exact) mass is 478 g/mol. The molecule has 0 bridgehead atoms. The second-order valence-electron chi connectivity index (χ2n) is 9.87. The summed E-state index contributed by atoms with van der Waals surface area (Å²) in [5.41, 5.74) is 3.13. The van der Waals surface area contributed by atoms with Gasteiger partial charge in [0.05, 0.1) is 11.6 Å². The molecule has 4 aromatic rings. The van der Waals surface area contributed by atoms with Gasteiger partial charge in [-0.2, -0.15) is 5.10 Å². The summed E-state index contributed by atoms with van der Waals surface area (Å²) in [7, 11) is 0. The molecule has 2 atom stereocenters. The molecule has 1 fully saturated rings. The van der Waals surface area contributed by atoms with E-state index >= 15 is 0 Å². The van der Waals surface area contributed by atoms with Gasteiger partial charge in [0.1, 0.15) is 11.7 Å². The largest absolute Gasteiger partial charge is 0.351 e. The fraction of sp³-hybridized carbons (Fsp3) is 0.300. The predicted octanol–water partition coefficient (Wildman–Crippen LogP) is 5.30. The summed E-state index contributed by atoms with van der Waals surface area (Å²) in [4.78, 5) is 30.0. The molecule has 0 spiro atoms. The van der Waals surface area contributed by atoms with Gasteiger partial charge in [0, 0.05) is 17.1 Å². The van der Waals surface area contributed by atoms with Crippen molar-refractivity contribution in [2.75, 3.05) is 4.90 Å². The van der Waals surface area contributed by atoms with E-state index in [9.17, 15) is 9.59 Å². The van der Waals surface area contributed by atoms with Gasteiger partial charge < -0.3 is 5.32 Å². The van der Waals surface area contributed by atoms with Gasteiger partial charge in [0.25, 0.3) is 5.91 Å². The molecule has 2 heterocycles. The Hall–Kier alpha value is -3.93. The van der Waals surface area contributed by atoms with E-state index in [1.54, 1.807) is 4.90 Å². The Bertz CT molecular complexity index is 1380. The average molecular weight is 479 g/mol. The molecule has 1 aliphatic carbocycles. The lowest BCUT2D eigenvalue weighted by Gasteiger charge is -2.41. The number of nitrogens with one attached hydrogen (secondary N) is 1. The summed E-state index contributed by atoms with van der Waals surface area (Å²) in [6.07, 6.45) is 6.01. The number of fused-ring (bicyclic) bond motifs is 3. The molecule has 6 nitrogen and oxygen atoms in total. The Morgan fingerprint density at radius 1 is 0.861 bits per heavy atom. The topological polar surface area (TPSA) is 67.2 Å². The lowest BCUT2D eigenvalue weighted by Crippen LogP contribution is -2.59. The molecular formula is C30H30N4O2. The van der Waals surface area contributed by atoms with Crippen LogP contribution in [-0.4, -0.2) is 33.7 Å². The minimum absolute atomic E-state index is 0.106. The lowest BCUT2D eigenvalue weighted by molar-refractivity contribution is -0.124.